The summed E-state index contributed by atoms with van der Waals surface area (Å²) in [5, 5.41) is 14.8. The Balaban J connectivity index is 0.000000730. The van der Waals surface area contributed by atoms with Crippen molar-refractivity contribution in [3.63, 3.8) is 0 Å². The molecular weight excluding hydrogens is 545 g/mol. The molecular formula is C31H34FN3O7. The standard InChI is InChI=1S/C29H32FN3O3.C2H2O4/c1-36-27-5-3-2-4-26(27)33(29(35)24-8-6-21(20-31)7-9-24)19-18-32-16-14-23(15-17-32)28(34)22-10-12-25(30)13-11-22;3-1(4)2(5)6/h2-13,23H,14-20,31H2,1H3;(H,3,4)(H,5,6). The molecule has 1 fully saturated rings. The first-order chi connectivity index (χ1) is 20.1. The van der Waals surface area contributed by atoms with Gasteiger partial charge >= 0.3 is 11.9 Å². The number of carbonyl (C=O) groups excluding carboxylic acids is 2. The highest BCUT2D eigenvalue weighted by Gasteiger charge is 2.27. The Bertz CT molecular complexity index is 1360. The van der Waals surface area contributed by atoms with E-state index in [1.54, 1.807) is 36.3 Å². The van der Waals surface area contributed by atoms with Crippen molar-refractivity contribution in [1.29, 1.82) is 0 Å². The fraction of sp³-hybridized carbons (Fsp3) is 0.290. The topological polar surface area (TPSA) is 150 Å². The number of carboxylic acid groups (broad SMARTS) is 2. The van der Waals surface area contributed by atoms with E-state index >= 15 is 0 Å². The number of hydrogen-bond acceptors (Lipinski definition) is 7. The van der Waals surface area contributed by atoms with Crippen molar-refractivity contribution in [2.24, 2.45) is 11.7 Å². The third-order valence-electron chi connectivity index (χ3n) is 6.97. The van der Waals surface area contributed by atoms with Gasteiger partial charge in [0.05, 0.1) is 12.8 Å². The van der Waals surface area contributed by atoms with Crippen LogP contribution in [0.5, 0.6) is 5.75 Å². The highest BCUT2D eigenvalue weighted by Crippen LogP contribution is 2.29. The Labute approximate surface area is 243 Å². The van der Waals surface area contributed by atoms with Gasteiger partial charge in [0.25, 0.3) is 5.91 Å². The first kappa shape index (κ1) is 31.9. The molecule has 0 bridgehead atoms. The summed E-state index contributed by atoms with van der Waals surface area (Å²) in [6, 6.07) is 20.6. The van der Waals surface area contributed by atoms with Crippen molar-refractivity contribution in [1.82, 2.24) is 4.90 Å². The molecule has 0 radical (unpaired) electrons. The lowest BCUT2D eigenvalue weighted by Gasteiger charge is -2.33. The van der Waals surface area contributed by atoms with Crippen LogP contribution in [0.25, 0.3) is 0 Å². The number of amides is 1. The van der Waals surface area contributed by atoms with Gasteiger partial charge < -0.3 is 30.5 Å². The highest BCUT2D eigenvalue weighted by molar-refractivity contribution is 6.27. The molecule has 42 heavy (non-hydrogen) atoms. The average molecular weight is 580 g/mol. The largest absolute Gasteiger partial charge is 0.495 e. The number of nitrogens with two attached hydrogens (primary N) is 1. The van der Waals surface area contributed by atoms with Crippen molar-refractivity contribution in [2.75, 3.05) is 38.2 Å². The summed E-state index contributed by atoms with van der Waals surface area (Å²) in [6.07, 6.45) is 1.47. The lowest BCUT2D eigenvalue weighted by atomic mass is 9.89. The molecule has 222 valence electrons. The van der Waals surface area contributed by atoms with E-state index in [9.17, 15) is 14.0 Å². The lowest BCUT2D eigenvalue weighted by Crippen LogP contribution is -2.43. The number of likely N-dealkylation sites (tertiary alicyclic amines) is 1. The Morgan fingerprint density at radius 2 is 1.48 bits per heavy atom. The number of anilines is 1. The quantitative estimate of drug-likeness (QED) is 0.255. The predicted octanol–water partition coefficient (Wildman–Crippen LogP) is 3.69. The molecule has 1 saturated heterocycles. The van der Waals surface area contributed by atoms with Crippen molar-refractivity contribution in [3.05, 3.63) is 95.3 Å². The van der Waals surface area contributed by atoms with Gasteiger partial charge in [-0.2, -0.15) is 0 Å². The van der Waals surface area contributed by atoms with E-state index in [4.69, 9.17) is 30.3 Å². The number of aliphatic carboxylic acids is 2. The van der Waals surface area contributed by atoms with Gasteiger partial charge in [-0.3, -0.25) is 9.59 Å². The summed E-state index contributed by atoms with van der Waals surface area (Å²) >= 11 is 0. The number of benzene rings is 3. The van der Waals surface area contributed by atoms with Crippen LogP contribution in [0.15, 0.2) is 72.8 Å². The molecule has 11 heteroatoms. The van der Waals surface area contributed by atoms with Crippen LogP contribution in [0.2, 0.25) is 0 Å². The number of rotatable bonds is 9. The molecule has 0 saturated carbocycles. The molecule has 0 aliphatic carbocycles. The summed E-state index contributed by atoms with van der Waals surface area (Å²) in [5.41, 5.74) is 8.54. The van der Waals surface area contributed by atoms with E-state index < -0.39 is 11.9 Å². The molecule has 0 unspecified atom stereocenters. The van der Waals surface area contributed by atoms with Crippen LogP contribution in [0.1, 0.15) is 39.1 Å². The number of nitrogens with zero attached hydrogens (tertiary/aromatic N) is 2. The fourth-order valence-electron chi connectivity index (χ4n) is 4.63. The number of para-hydroxylation sites is 2. The van der Waals surface area contributed by atoms with Crippen molar-refractivity contribution < 1.29 is 38.5 Å². The Kier molecular flexibility index (Phi) is 11.7. The maximum Gasteiger partial charge on any atom is 0.414 e. The lowest BCUT2D eigenvalue weighted by molar-refractivity contribution is -0.159. The second kappa shape index (κ2) is 15.4. The molecule has 1 aliphatic rings. The van der Waals surface area contributed by atoms with Crippen molar-refractivity contribution in [2.45, 2.75) is 19.4 Å². The third-order valence-corrected chi connectivity index (χ3v) is 6.97. The molecule has 0 aromatic heterocycles. The SMILES string of the molecule is COc1ccccc1N(CCN1CCC(C(=O)c2ccc(F)cc2)CC1)C(=O)c1ccc(CN)cc1.O=C(O)C(=O)O. The van der Waals surface area contributed by atoms with Gasteiger partial charge in [0, 0.05) is 36.7 Å². The highest BCUT2D eigenvalue weighted by atomic mass is 19.1. The van der Waals surface area contributed by atoms with Gasteiger partial charge in [0.15, 0.2) is 5.78 Å². The number of carboxylic acids is 2. The summed E-state index contributed by atoms with van der Waals surface area (Å²) in [4.78, 5) is 48.6. The summed E-state index contributed by atoms with van der Waals surface area (Å²) in [5.74, 6) is -3.46. The molecule has 0 spiro atoms. The zero-order valence-corrected chi connectivity index (χ0v) is 23.2. The third kappa shape index (κ3) is 8.69. The zero-order valence-electron chi connectivity index (χ0n) is 23.2. The molecule has 10 nitrogen and oxygen atoms in total. The second-order valence-corrected chi connectivity index (χ2v) is 9.63. The average Bonchev–Trinajstić information content (AvgIpc) is 3.02. The maximum absolute atomic E-state index is 13.6. The molecule has 3 aromatic rings. The molecule has 3 aromatic carbocycles. The van der Waals surface area contributed by atoms with E-state index in [2.05, 4.69) is 4.90 Å². The van der Waals surface area contributed by atoms with E-state index in [0.29, 0.717) is 42.2 Å². The molecule has 1 heterocycles. The number of hydrogen-bond donors (Lipinski definition) is 3. The summed E-state index contributed by atoms with van der Waals surface area (Å²) in [7, 11) is 1.60. The first-order valence-electron chi connectivity index (χ1n) is 13.4. The minimum atomic E-state index is -1.82. The number of halogens is 1. The number of methoxy groups -OCH3 is 1. The van der Waals surface area contributed by atoms with E-state index in [0.717, 1.165) is 31.5 Å². The fourth-order valence-corrected chi connectivity index (χ4v) is 4.63. The number of Topliss-reactive ketones (excluding diaryl/α,β-unsaturated/α-hetero) is 1. The molecule has 4 rings (SSSR count). The number of ether oxygens (including phenoxy) is 1. The van der Waals surface area contributed by atoms with Crippen molar-refractivity contribution in [3.8, 4) is 5.75 Å². The number of piperidine rings is 1. The summed E-state index contributed by atoms with van der Waals surface area (Å²) in [6.45, 7) is 3.09. The molecule has 1 aliphatic heterocycles. The van der Waals surface area contributed by atoms with Gasteiger partial charge in [-0.25, -0.2) is 14.0 Å². The van der Waals surface area contributed by atoms with Gasteiger partial charge in [-0.05, 0) is 80.0 Å². The maximum atomic E-state index is 13.6. The minimum absolute atomic E-state index is 0.0697. The van der Waals surface area contributed by atoms with E-state index in [1.807, 2.05) is 36.4 Å². The second-order valence-electron chi connectivity index (χ2n) is 9.63. The number of carbonyl (C=O) groups is 4. The normalized spacial score (nSPS) is 13.4. The Hall–Kier alpha value is -4.61. The van der Waals surface area contributed by atoms with Crippen LogP contribution < -0.4 is 15.4 Å². The molecule has 0 atom stereocenters. The van der Waals surface area contributed by atoms with Crippen LogP contribution in [-0.2, 0) is 16.1 Å². The first-order valence-corrected chi connectivity index (χ1v) is 13.4. The van der Waals surface area contributed by atoms with Crippen LogP contribution in [-0.4, -0.2) is 72.0 Å². The van der Waals surface area contributed by atoms with Gasteiger partial charge in [-0.1, -0.05) is 24.3 Å². The van der Waals surface area contributed by atoms with Crippen LogP contribution in [0.3, 0.4) is 0 Å². The van der Waals surface area contributed by atoms with Crippen LogP contribution in [0.4, 0.5) is 10.1 Å². The number of ketones is 1. The summed E-state index contributed by atoms with van der Waals surface area (Å²) < 4.78 is 18.7. The van der Waals surface area contributed by atoms with Gasteiger partial charge in [0.1, 0.15) is 11.6 Å². The molecule has 4 N–H and O–H groups in total. The Morgan fingerprint density at radius 3 is 2.02 bits per heavy atom. The van der Waals surface area contributed by atoms with Crippen molar-refractivity contribution >= 4 is 29.3 Å². The smallest absolute Gasteiger partial charge is 0.414 e. The predicted molar refractivity (Wildman–Crippen MR) is 154 cm³/mol. The van der Waals surface area contributed by atoms with Gasteiger partial charge in [-0.15, -0.1) is 0 Å². The van der Waals surface area contributed by atoms with Crippen LogP contribution in [0, 0.1) is 11.7 Å². The Morgan fingerprint density at radius 1 is 0.905 bits per heavy atom. The molecule has 1 amide bonds. The zero-order chi connectivity index (χ0) is 30.6. The van der Waals surface area contributed by atoms with Crippen LogP contribution >= 0.6 is 0 Å². The monoisotopic (exact) mass is 579 g/mol. The minimum Gasteiger partial charge on any atom is -0.495 e. The van der Waals surface area contributed by atoms with E-state index in [-0.39, 0.29) is 23.4 Å². The van der Waals surface area contributed by atoms with Gasteiger partial charge in [0.2, 0.25) is 0 Å². The van der Waals surface area contributed by atoms with E-state index in [1.165, 1.54) is 12.1 Å².